The summed E-state index contributed by atoms with van der Waals surface area (Å²) in [5, 5.41) is 5.31. The molecule has 0 saturated heterocycles. The van der Waals surface area contributed by atoms with Gasteiger partial charge in [-0.3, -0.25) is 9.59 Å². The van der Waals surface area contributed by atoms with Crippen LogP contribution in [0.2, 0.25) is 0 Å². The Morgan fingerprint density at radius 1 is 1.09 bits per heavy atom. The molecule has 0 aliphatic heterocycles. The fourth-order valence-electron chi connectivity index (χ4n) is 1.99. The van der Waals surface area contributed by atoms with Crippen LogP contribution in [0, 0.1) is 5.82 Å². The topological polar surface area (TPSA) is 58.2 Å². The lowest BCUT2D eigenvalue weighted by molar-refractivity contribution is -0.120. The molecule has 0 fully saturated rings. The number of benzene rings is 2. The SMILES string of the molecule is C[C@@H](NC(=O)CNC(=O)c1ccc(Br)cc1)c1ccc(F)cc1. The number of nitrogens with one attached hydrogen (secondary N) is 2. The first kappa shape index (κ1) is 17.1. The van der Waals surface area contributed by atoms with Crippen molar-refractivity contribution in [2.75, 3.05) is 6.54 Å². The number of carbonyl (C=O) groups is 2. The second-order valence-electron chi connectivity index (χ2n) is 5.03. The highest BCUT2D eigenvalue weighted by atomic mass is 79.9. The van der Waals surface area contributed by atoms with Crippen LogP contribution in [0.5, 0.6) is 0 Å². The highest BCUT2D eigenvalue weighted by Crippen LogP contribution is 2.12. The monoisotopic (exact) mass is 378 g/mol. The molecule has 0 aliphatic rings. The summed E-state index contributed by atoms with van der Waals surface area (Å²) < 4.78 is 13.7. The molecular formula is C17H16BrFN2O2. The average Bonchev–Trinajstić information content (AvgIpc) is 2.54. The van der Waals surface area contributed by atoms with E-state index < -0.39 is 0 Å². The summed E-state index contributed by atoms with van der Waals surface area (Å²) in [6, 6.07) is 12.5. The molecule has 2 aromatic rings. The molecule has 0 heterocycles. The number of carbonyl (C=O) groups excluding carboxylic acids is 2. The Bertz CT molecular complexity index is 687. The van der Waals surface area contributed by atoms with Gasteiger partial charge in [-0.05, 0) is 48.9 Å². The van der Waals surface area contributed by atoms with Crippen LogP contribution in [0.25, 0.3) is 0 Å². The summed E-state index contributed by atoms with van der Waals surface area (Å²) in [7, 11) is 0. The lowest BCUT2D eigenvalue weighted by Gasteiger charge is -2.14. The molecule has 2 aromatic carbocycles. The van der Waals surface area contributed by atoms with Crippen LogP contribution in [0.4, 0.5) is 4.39 Å². The van der Waals surface area contributed by atoms with E-state index in [0.717, 1.165) is 10.0 Å². The van der Waals surface area contributed by atoms with E-state index in [4.69, 9.17) is 0 Å². The number of hydrogen-bond acceptors (Lipinski definition) is 2. The minimum absolute atomic E-state index is 0.125. The predicted octanol–water partition coefficient (Wildman–Crippen LogP) is 3.20. The van der Waals surface area contributed by atoms with Gasteiger partial charge >= 0.3 is 0 Å². The zero-order valence-electron chi connectivity index (χ0n) is 12.5. The van der Waals surface area contributed by atoms with Crippen molar-refractivity contribution in [1.82, 2.24) is 10.6 Å². The molecule has 0 saturated carbocycles. The van der Waals surface area contributed by atoms with E-state index in [0.29, 0.717) is 5.56 Å². The van der Waals surface area contributed by atoms with E-state index in [1.807, 2.05) is 0 Å². The lowest BCUT2D eigenvalue weighted by atomic mass is 10.1. The molecule has 0 aliphatic carbocycles. The van der Waals surface area contributed by atoms with Crippen molar-refractivity contribution in [3.8, 4) is 0 Å². The highest BCUT2D eigenvalue weighted by Gasteiger charge is 2.11. The zero-order chi connectivity index (χ0) is 16.8. The Morgan fingerprint density at radius 3 is 2.30 bits per heavy atom. The van der Waals surface area contributed by atoms with Crippen molar-refractivity contribution in [3.05, 3.63) is 69.9 Å². The third kappa shape index (κ3) is 5.17. The normalized spacial score (nSPS) is 11.6. The summed E-state index contributed by atoms with van der Waals surface area (Å²) in [6.45, 7) is 1.67. The van der Waals surface area contributed by atoms with E-state index in [2.05, 4.69) is 26.6 Å². The molecule has 1 atom stereocenters. The van der Waals surface area contributed by atoms with Gasteiger partial charge in [0.15, 0.2) is 0 Å². The molecule has 120 valence electrons. The van der Waals surface area contributed by atoms with E-state index in [-0.39, 0.29) is 30.2 Å². The van der Waals surface area contributed by atoms with E-state index in [1.165, 1.54) is 12.1 Å². The second kappa shape index (κ2) is 7.87. The largest absolute Gasteiger partial charge is 0.348 e. The summed E-state index contributed by atoms with van der Waals surface area (Å²) in [6.07, 6.45) is 0. The smallest absolute Gasteiger partial charge is 0.251 e. The van der Waals surface area contributed by atoms with Crippen molar-refractivity contribution in [3.63, 3.8) is 0 Å². The first-order valence-electron chi connectivity index (χ1n) is 7.04. The van der Waals surface area contributed by atoms with Gasteiger partial charge in [-0.2, -0.15) is 0 Å². The van der Waals surface area contributed by atoms with Gasteiger partial charge < -0.3 is 10.6 Å². The molecule has 6 heteroatoms. The van der Waals surface area contributed by atoms with Crippen LogP contribution in [-0.2, 0) is 4.79 Å². The fourth-order valence-corrected chi connectivity index (χ4v) is 2.26. The maximum atomic E-state index is 12.9. The van der Waals surface area contributed by atoms with Crippen molar-refractivity contribution < 1.29 is 14.0 Å². The summed E-state index contributed by atoms with van der Waals surface area (Å²) in [5.74, 6) is -0.955. The highest BCUT2D eigenvalue weighted by molar-refractivity contribution is 9.10. The Morgan fingerprint density at radius 2 is 1.70 bits per heavy atom. The van der Waals surface area contributed by atoms with Gasteiger partial charge in [0.05, 0.1) is 12.6 Å². The number of halogens is 2. The molecule has 0 spiro atoms. The summed E-state index contributed by atoms with van der Waals surface area (Å²) in [5.41, 5.74) is 1.27. The lowest BCUT2D eigenvalue weighted by Crippen LogP contribution is -2.38. The van der Waals surface area contributed by atoms with Crippen LogP contribution in [0.3, 0.4) is 0 Å². The Labute approximate surface area is 142 Å². The standard InChI is InChI=1S/C17H16BrFN2O2/c1-11(12-4-8-15(19)9-5-12)21-16(22)10-20-17(23)13-2-6-14(18)7-3-13/h2-9,11H,10H2,1H3,(H,20,23)(H,21,22)/t11-/m1/s1. The molecule has 2 rings (SSSR count). The average molecular weight is 379 g/mol. The number of amides is 2. The van der Waals surface area contributed by atoms with Crippen molar-refractivity contribution in [2.24, 2.45) is 0 Å². The van der Waals surface area contributed by atoms with Crippen molar-refractivity contribution in [2.45, 2.75) is 13.0 Å². The zero-order valence-corrected chi connectivity index (χ0v) is 14.1. The van der Waals surface area contributed by atoms with Crippen LogP contribution in [0.15, 0.2) is 53.0 Å². The van der Waals surface area contributed by atoms with Gasteiger partial charge in [-0.15, -0.1) is 0 Å². The van der Waals surface area contributed by atoms with Gasteiger partial charge in [-0.1, -0.05) is 28.1 Å². The minimum Gasteiger partial charge on any atom is -0.348 e. The Hall–Kier alpha value is -2.21. The molecular weight excluding hydrogens is 363 g/mol. The first-order valence-corrected chi connectivity index (χ1v) is 7.83. The molecule has 2 amide bonds. The first-order chi connectivity index (χ1) is 11.0. The number of hydrogen-bond donors (Lipinski definition) is 2. The quantitative estimate of drug-likeness (QED) is 0.839. The maximum Gasteiger partial charge on any atom is 0.251 e. The molecule has 0 unspecified atom stereocenters. The third-order valence-corrected chi connectivity index (χ3v) is 3.79. The van der Waals surface area contributed by atoms with Gasteiger partial charge in [0.25, 0.3) is 5.91 Å². The molecule has 4 nitrogen and oxygen atoms in total. The molecule has 0 aromatic heterocycles. The van der Waals surface area contributed by atoms with Gasteiger partial charge in [0.2, 0.25) is 5.91 Å². The van der Waals surface area contributed by atoms with Crippen molar-refractivity contribution >= 4 is 27.7 Å². The summed E-state index contributed by atoms with van der Waals surface area (Å²) in [4.78, 5) is 23.8. The van der Waals surface area contributed by atoms with E-state index in [9.17, 15) is 14.0 Å². The third-order valence-electron chi connectivity index (χ3n) is 3.26. The van der Waals surface area contributed by atoms with Gasteiger partial charge in [0.1, 0.15) is 5.82 Å². The second-order valence-corrected chi connectivity index (χ2v) is 5.95. The number of rotatable bonds is 5. The minimum atomic E-state index is -0.325. The van der Waals surface area contributed by atoms with Crippen LogP contribution >= 0.6 is 15.9 Å². The van der Waals surface area contributed by atoms with Crippen LogP contribution in [0.1, 0.15) is 28.9 Å². The molecule has 0 radical (unpaired) electrons. The van der Waals surface area contributed by atoms with Crippen LogP contribution < -0.4 is 10.6 Å². The Kier molecular flexibility index (Phi) is 5.87. The molecule has 23 heavy (non-hydrogen) atoms. The predicted molar refractivity (Wildman–Crippen MR) is 89.4 cm³/mol. The Balaban J connectivity index is 1.83. The maximum absolute atomic E-state index is 12.9. The molecule has 2 N–H and O–H groups in total. The van der Waals surface area contributed by atoms with Gasteiger partial charge in [-0.25, -0.2) is 4.39 Å². The molecule has 0 bridgehead atoms. The van der Waals surface area contributed by atoms with E-state index in [1.54, 1.807) is 43.3 Å². The fraction of sp³-hybridized carbons (Fsp3) is 0.176. The summed E-state index contributed by atoms with van der Waals surface area (Å²) >= 11 is 3.29. The van der Waals surface area contributed by atoms with Crippen molar-refractivity contribution in [1.29, 1.82) is 0 Å². The van der Waals surface area contributed by atoms with E-state index >= 15 is 0 Å². The van der Waals surface area contributed by atoms with Gasteiger partial charge in [0, 0.05) is 10.0 Å². The van der Waals surface area contributed by atoms with Crippen LogP contribution in [-0.4, -0.2) is 18.4 Å².